The summed E-state index contributed by atoms with van der Waals surface area (Å²) in [5, 5.41) is 2.08. The van der Waals surface area contributed by atoms with Gasteiger partial charge in [-0.15, -0.1) is 0 Å². The van der Waals surface area contributed by atoms with Crippen LogP contribution in [0.15, 0.2) is 48.7 Å². The number of nitrogens with zero attached hydrogens (tertiary/aromatic N) is 2. The van der Waals surface area contributed by atoms with E-state index in [2.05, 4.69) is 11.1 Å². The minimum atomic E-state index is -0.566. The van der Waals surface area contributed by atoms with Crippen LogP contribution in [0.2, 0.25) is 10.0 Å². The van der Waals surface area contributed by atoms with Crippen LogP contribution in [0.3, 0.4) is 0 Å². The lowest BCUT2D eigenvalue weighted by Gasteiger charge is -2.34. The summed E-state index contributed by atoms with van der Waals surface area (Å²) in [6, 6.07) is 13.4. The Labute approximate surface area is 212 Å². The lowest BCUT2D eigenvalue weighted by atomic mass is 9.94. The Kier molecular flexibility index (Phi) is 8.32. The molecular weight excluding hydrogens is 469 g/mol. The number of fused-ring (bicyclic) bond motifs is 1. The molecule has 2 aromatic carbocycles. The van der Waals surface area contributed by atoms with Crippen LogP contribution in [0.25, 0.3) is 10.9 Å². The lowest BCUT2D eigenvalue weighted by Crippen LogP contribution is -2.49. The first-order valence-electron chi connectivity index (χ1n) is 11.5. The number of rotatable bonds is 8. The Balaban J connectivity index is 1.84. The SMILES string of the molecule is CC(C)N(CC(=O)N(CCc1c[nH]c2ccccc12)Cc1ccc(Cl)c(Cl)c1)C(=O)C(C)(C)C. The number of aromatic nitrogens is 1. The van der Waals surface area contributed by atoms with Crippen molar-refractivity contribution in [3.8, 4) is 0 Å². The molecule has 7 heteroatoms. The quantitative estimate of drug-likeness (QED) is 0.392. The van der Waals surface area contributed by atoms with Gasteiger partial charge in [-0.25, -0.2) is 0 Å². The Morgan fingerprint density at radius 1 is 1.03 bits per heavy atom. The number of para-hydroxylation sites is 1. The van der Waals surface area contributed by atoms with Crippen LogP contribution in [0.4, 0.5) is 0 Å². The molecule has 0 aliphatic heterocycles. The third-order valence-corrected chi connectivity index (χ3v) is 6.61. The number of carbonyl (C=O) groups is 2. The highest BCUT2D eigenvalue weighted by molar-refractivity contribution is 6.42. The molecule has 0 bridgehead atoms. The summed E-state index contributed by atoms with van der Waals surface area (Å²) < 4.78 is 0. The number of amides is 2. The van der Waals surface area contributed by atoms with Gasteiger partial charge in [0.15, 0.2) is 0 Å². The number of aromatic amines is 1. The fourth-order valence-corrected chi connectivity index (χ4v) is 4.23. The number of nitrogens with one attached hydrogen (secondary N) is 1. The second-order valence-corrected chi connectivity index (χ2v) is 10.8. The molecule has 1 N–H and O–H groups in total. The lowest BCUT2D eigenvalue weighted by molar-refractivity contribution is -0.147. The van der Waals surface area contributed by atoms with Crippen molar-refractivity contribution in [1.82, 2.24) is 14.8 Å². The van der Waals surface area contributed by atoms with Crippen molar-refractivity contribution < 1.29 is 9.59 Å². The summed E-state index contributed by atoms with van der Waals surface area (Å²) in [4.78, 5) is 33.3. The Morgan fingerprint density at radius 3 is 2.38 bits per heavy atom. The highest BCUT2D eigenvalue weighted by Crippen LogP contribution is 2.25. The van der Waals surface area contributed by atoms with Gasteiger partial charge in [-0.05, 0) is 49.6 Å². The first-order valence-corrected chi connectivity index (χ1v) is 12.3. The van der Waals surface area contributed by atoms with E-state index in [1.807, 2.05) is 65.1 Å². The molecule has 182 valence electrons. The standard InChI is InChI=1S/C27H33Cl2N3O2/c1-18(2)32(26(34)27(3,4)5)17-25(33)31(16-19-10-11-22(28)23(29)14-19)13-12-20-15-30-24-9-7-6-8-21(20)24/h6-11,14-15,18,30H,12-13,16-17H2,1-5H3. The van der Waals surface area contributed by atoms with Crippen LogP contribution < -0.4 is 0 Å². The smallest absolute Gasteiger partial charge is 0.242 e. The zero-order valence-electron chi connectivity index (χ0n) is 20.5. The predicted molar refractivity (Wildman–Crippen MR) is 140 cm³/mol. The molecule has 1 aromatic heterocycles. The third kappa shape index (κ3) is 6.34. The number of benzene rings is 2. The van der Waals surface area contributed by atoms with Crippen molar-refractivity contribution in [2.75, 3.05) is 13.1 Å². The molecule has 0 aliphatic carbocycles. The van der Waals surface area contributed by atoms with Crippen LogP contribution in [0.1, 0.15) is 45.7 Å². The van der Waals surface area contributed by atoms with Gasteiger partial charge in [0.05, 0.1) is 10.0 Å². The molecule has 3 aromatic rings. The summed E-state index contributed by atoms with van der Waals surface area (Å²) >= 11 is 12.3. The number of hydrogen-bond acceptors (Lipinski definition) is 2. The maximum atomic E-state index is 13.5. The third-order valence-electron chi connectivity index (χ3n) is 5.87. The Morgan fingerprint density at radius 2 is 1.74 bits per heavy atom. The minimum absolute atomic E-state index is 0.0307. The monoisotopic (exact) mass is 501 g/mol. The molecule has 0 fully saturated rings. The van der Waals surface area contributed by atoms with Crippen molar-refractivity contribution in [3.05, 3.63) is 69.8 Å². The van der Waals surface area contributed by atoms with Crippen molar-refractivity contribution in [3.63, 3.8) is 0 Å². The van der Waals surface area contributed by atoms with Crippen LogP contribution >= 0.6 is 23.2 Å². The second kappa shape index (κ2) is 10.8. The molecule has 3 rings (SSSR count). The second-order valence-electron chi connectivity index (χ2n) is 9.95. The maximum Gasteiger partial charge on any atom is 0.242 e. The minimum Gasteiger partial charge on any atom is -0.361 e. The van der Waals surface area contributed by atoms with Crippen molar-refractivity contribution in [1.29, 1.82) is 0 Å². The molecule has 1 heterocycles. The van der Waals surface area contributed by atoms with Crippen molar-refractivity contribution in [2.24, 2.45) is 5.41 Å². The summed E-state index contributed by atoms with van der Waals surface area (Å²) in [5.74, 6) is -0.140. The van der Waals surface area contributed by atoms with Crippen molar-refractivity contribution >= 4 is 45.9 Å². The summed E-state index contributed by atoms with van der Waals surface area (Å²) in [5.41, 5.74) is 2.54. The number of H-pyrrole nitrogens is 1. The van der Waals surface area contributed by atoms with E-state index < -0.39 is 5.41 Å². The van der Waals surface area contributed by atoms with E-state index in [0.717, 1.165) is 22.0 Å². The molecule has 0 saturated carbocycles. The molecular formula is C27H33Cl2N3O2. The zero-order chi connectivity index (χ0) is 25.0. The molecule has 0 unspecified atom stereocenters. The van der Waals surface area contributed by atoms with Crippen molar-refractivity contribution in [2.45, 2.75) is 53.6 Å². The van der Waals surface area contributed by atoms with Gasteiger partial charge >= 0.3 is 0 Å². The Bertz CT molecular complexity index is 1160. The topological polar surface area (TPSA) is 56.4 Å². The van der Waals surface area contributed by atoms with Gasteiger partial charge in [-0.3, -0.25) is 9.59 Å². The van der Waals surface area contributed by atoms with E-state index in [0.29, 0.717) is 29.6 Å². The predicted octanol–water partition coefficient (Wildman–Crippen LogP) is 6.33. The van der Waals surface area contributed by atoms with E-state index in [1.54, 1.807) is 21.9 Å². The maximum absolute atomic E-state index is 13.5. The van der Waals surface area contributed by atoms with E-state index in [4.69, 9.17) is 23.2 Å². The molecule has 0 atom stereocenters. The first-order chi connectivity index (χ1) is 16.0. The molecule has 5 nitrogen and oxygen atoms in total. The summed E-state index contributed by atoms with van der Waals surface area (Å²) in [6.07, 6.45) is 2.68. The average molecular weight is 502 g/mol. The molecule has 2 amide bonds. The highest BCUT2D eigenvalue weighted by atomic mass is 35.5. The number of halogens is 2. The number of carbonyl (C=O) groups excluding carboxylic acids is 2. The van der Waals surface area contributed by atoms with Gasteiger partial charge < -0.3 is 14.8 Å². The van der Waals surface area contributed by atoms with Crippen LogP contribution in [0.5, 0.6) is 0 Å². The first kappa shape index (κ1) is 26.1. The molecule has 0 spiro atoms. The van der Waals surface area contributed by atoms with E-state index in [9.17, 15) is 9.59 Å². The van der Waals surface area contributed by atoms with Gasteiger partial charge in [0.1, 0.15) is 6.54 Å². The number of hydrogen-bond donors (Lipinski definition) is 1. The molecule has 0 aliphatic rings. The molecule has 34 heavy (non-hydrogen) atoms. The highest BCUT2D eigenvalue weighted by Gasteiger charge is 2.31. The van der Waals surface area contributed by atoms with E-state index >= 15 is 0 Å². The average Bonchev–Trinajstić information content (AvgIpc) is 3.19. The molecule has 0 radical (unpaired) electrons. The fraction of sp³-hybridized carbons (Fsp3) is 0.407. The van der Waals surface area contributed by atoms with Crippen LogP contribution in [-0.2, 0) is 22.6 Å². The van der Waals surface area contributed by atoms with Crippen LogP contribution in [-0.4, -0.2) is 45.7 Å². The van der Waals surface area contributed by atoms with Gasteiger partial charge in [0, 0.05) is 41.6 Å². The summed E-state index contributed by atoms with van der Waals surface area (Å²) in [6.45, 7) is 10.4. The largest absolute Gasteiger partial charge is 0.361 e. The summed E-state index contributed by atoms with van der Waals surface area (Å²) in [7, 11) is 0. The van der Waals surface area contributed by atoms with E-state index in [1.165, 1.54) is 0 Å². The van der Waals surface area contributed by atoms with Gasteiger partial charge in [0.25, 0.3) is 0 Å². The Hall–Kier alpha value is -2.50. The van der Waals surface area contributed by atoms with Gasteiger partial charge in [-0.2, -0.15) is 0 Å². The van der Waals surface area contributed by atoms with Gasteiger partial charge in [-0.1, -0.05) is 68.2 Å². The van der Waals surface area contributed by atoms with E-state index in [-0.39, 0.29) is 24.4 Å². The van der Waals surface area contributed by atoms with Crippen LogP contribution in [0, 0.1) is 5.41 Å². The fourth-order valence-electron chi connectivity index (χ4n) is 3.91. The van der Waals surface area contributed by atoms with Gasteiger partial charge in [0.2, 0.25) is 11.8 Å². The normalized spacial score (nSPS) is 11.8. The molecule has 0 saturated heterocycles. The zero-order valence-corrected chi connectivity index (χ0v) is 22.0.